The molecule has 1 aliphatic heterocycles. The fourth-order valence-corrected chi connectivity index (χ4v) is 1.94. The molecular weight excluding hydrogens is 174 g/mol. The topological polar surface area (TPSA) is 20.3 Å². The lowest BCUT2D eigenvalue weighted by Gasteiger charge is -2.25. The fraction of sp³-hybridized carbons (Fsp3) is 0.417. The summed E-state index contributed by atoms with van der Waals surface area (Å²) in [6.45, 7) is 3.81. The predicted molar refractivity (Wildman–Crippen MR) is 56.0 cm³/mol. The van der Waals surface area contributed by atoms with E-state index in [-0.39, 0.29) is 0 Å². The number of hydrogen-bond acceptors (Lipinski definition) is 1. The van der Waals surface area contributed by atoms with Crippen LogP contribution in [-0.4, -0.2) is 17.9 Å². The largest absolute Gasteiger partial charge is 0.341 e. The van der Waals surface area contributed by atoms with E-state index in [1.165, 1.54) is 16.7 Å². The van der Waals surface area contributed by atoms with E-state index in [1.54, 1.807) is 0 Å². The molecule has 2 heteroatoms. The highest BCUT2D eigenvalue weighted by Crippen LogP contribution is 2.19. The standard InChI is InChI=1S/C12H15NO/c1-2-10-3-4-12-8-13(9-14)6-5-11(12)7-10/h3-4,7,9H,2,5-6,8H2,1H3. The summed E-state index contributed by atoms with van der Waals surface area (Å²) < 4.78 is 0. The minimum absolute atomic E-state index is 0.781. The molecule has 0 radical (unpaired) electrons. The lowest BCUT2D eigenvalue weighted by atomic mass is 9.97. The highest BCUT2D eigenvalue weighted by atomic mass is 16.1. The van der Waals surface area contributed by atoms with Gasteiger partial charge in [0.05, 0.1) is 0 Å². The maximum Gasteiger partial charge on any atom is 0.210 e. The van der Waals surface area contributed by atoms with Gasteiger partial charge in [0, 0.05) is 13.1 Å². The second kappa shape index (κ2) is 3.82. The minimum atomic E-state index is 0.781. The first kappa shape index (κ1) is 9.25. The molecule has 1 aliphatic rings. The molecule has 1 aromatic carbocycles. The van der Waals surface area contributed by atoms with Gasteiger partial charge in [-0.3, -0.25) is 4.79 Å². The molecule has 0 bridgehead atoms. The number of fused-ring (bicyclic) bond motifs is 1. The first-order valence-corrected chi connectivity index (χ1v) is 5.13. The van der Waals surface area contributed by atoms with Gasteiger partial charge in [-0.1, -0.05) is 25.1 Å². The Bertz CT molecular complexity index is 346. The van der Waals surface area contributed by atoms with Gasteiger partial charge in [-0.15, -0.1) is 0 Å². The third-order valence-corrected chi connectivity index (χ3v) is 2.87. The van der Waals surface area contributed by atoms with Crippen LogP contribution in [0.5, 0.6) is 0 Å². The van der Waals surface area contributed by atoms with Gasteiger partial charge in [0.15, 0.2) is 0 Å². The normalized spacial score (nSPS) is 15.1. The Morgan fingerprint density at radius 3 is 3.00 bits per heavy atom. The van der Waals surface area contributed by atoms with Gasteiger partial charge < -0.3 is 4.90 Å². The quantitative estimate of drug-likeness (QED) is 0.649. The lowest BCUT2D eigenvalue weighted by molar-refractivity contribution is -0.118. The minimum Gasteiger partial charge on any atom is -0.341 e. The predicted octanol–water partition coefficient (Wildman–Crippen LogP) is 1.76. The van der Waals surface area contributed by atoms with Crippen molar-refractivity contribution in [3.05, 3.63) is 34.9 Å². The molecule has 2 rings (SSSR count). The van der Waals surface area contributed by atoms with E-state index in [4.69, 9.17) is 0 Å². The van der Waals surface area contributed by atoms with E-state index >= 15 is 0 Å². The Morgan fingerprint density at radius 2 is 2.29 bits per heavy atom. The smallest absolute Gasteiger partial charge is 0.210 e. The van der Waals surface area contributed by atoms with Crippen LogP contribution in [-0.2, 0) is 24.2 Å². The van der Waals surface area contributed by atoms with Crippen molar-refractivity contribution in [3.8, 4) is 0 Å². The van der Waals surface area contributed by atoms with Crippen LogP contribution < -0.4 is 0 Å². The molecule has 0 spiro atoms. The maximum atomic E-state index is 10.6. The van der Waals surface area contributed by atoms with E-state index in [1.807, 2.05) is 4.90 Å². The average molecular weight is 189 g/mol. The number of aryl methyl sites for hydroxylation is 1. The summed E-state index contributed by atoms with van der Waals surface area (Å²) >= 11 is 0. The molecule has 0 aromatic heterocycles. The van der Waals surface area contributed by atoms with Gasteiger partial charge in [-0.2, -0.15) is 0 Å². The van der Waals surface area contributed by atoms with Gasteiger partial charge in [0.2, 0.25) is 6.41 Å². The summed E-state index contributed by atoms with van der Waals surface area (Å²) in [4.78, 5) is 12.4. The molecule has 1 aromatic rings. The summed E-state index contributed by atoms with van der Waals surface area (Å²) in [6.07, 6.45) is 3.03. The third kappa shape index (κ3) is 1.65. The van der Waals surface area contributed by atoms with Crippen LogP contribution in [0.1, 0.15) is 23.6 Å². The van der Waals surface area contributed by atoms with Crippen molar-refractivity contribution in [2.24, 2.45) is 0 Å². The monoisotopic (exact) mass is 189 g/mol. The van der Waals surface area contributed by atoms with Gasteiger partial charge in [0.1, 0.15) is 0 Å². The van der Waals surface area contributed by atoms with Crippen molar-refractivity contribution >= 4 is 6.41 Å². The second-order valence-electron chi connectivity index (χ2n) is 3.78. The van der Waals surface area contributed by atoms with Crippen LogP contribution in [0, 0.1) is 0 Å². The van der Waals surface area contributed by atoms with Gasteiger partial charge in [-0.05, 0) is 29.5 Å². The van der Waals surface area contributed by atoms with Gasteiger partial charge in [-0.25, -0.2) is 0 Å². The molecule has 0 saturated heterocycles. The van der Waals surface area contributed by atoms with Crippen LogP contribution in [0.2, 0.25) is 0 Å². The second-order valence-corrected chi connectivity index (χ2v) is 3.78. The number of hydrogen-bond donors (Lipinski definition) is 0. The molecule has 0 atom stereocenters. The van der Waals surface area contributed by atoms with Crippen molar-refractivity contribution in [2.75, 3.05) is 6.54 Å². The number of carbonyl (C=O) groups is 1. The molecule has 74 valence electrons. The fourth-order valence-electron chi connectivity index (χ4n) is 1.94. The highest BCUT2D eigenvalue weighted by Gasteiger charge is 2.14. The van der Waals surface area contributed by atoms with Crippen LogP contribution in [0.4, 0.5) is 0 Å². The average Bonchev–Trinajstić information content (AvgIpc) is 2.27. The molecule has 1 heterocycles. The lowest BCUT2D eigenvalue weighted by Crippen LogP contribution is -2.29. The molecule has 0 fully saturated rings. The first-order valence-electron chi connectivity index (χ1n) is 5.13. The highest BCUT2D eigenvalue weighted by molar-refractivity contribution is 5.49. The Labute approximate surface area is 84.5 Å². The zero-order chi connectivity index (χ0) is 9.97. The summed E-state index contributed by atoms with van der Waals surface area (Å²) in [6, 6.07) is 6.59. The third-order valence-electron chi connectivity index (χ3n) is 2.87. The van der Waals surface area contributed by atoms with Gasteiger partial charge in [0.25, 0.3) is 0 Å². The number of nitrogens with zero attached hydrogens (tertiary/aromatic N) is 1. The molecule has 2 nitrogen and oxygen atoms in total. The van der Waals surface area contributed by atoms with E-state index in [0.717, 1.165) is 32.3 Å². The molecular formula is C12H15NO. The Kier molecular flexibility index (Phi) is 2.53. The summed E-state index contributed by atoms with van der Waals surface area (Å²) in [5, 5.41) is 0. The van der Waals surface area contributed by atoms with Crippen molar-refractivity contribution in [1.82, 2.24) is 4.90 Å². The van der Waals surface area contributed by atoms with Crippen molar-refractivity contribution < 1.29 is 4.79 Å². The molecule has 1 amide bonds. The van der Waals surface area contributed by atoms with Crippen LogP contribution in [0.3, 0.4) is 0 Å². The van der Waals surface area contributed by atoms with Gasteiger partial charge >= 0.3 is 0 Å². The number of carbonyl (C=O) groups excluding carboxylic acids is 1. The number of amides is 1. The molecule has 14 heavy (non-hydrogen) atoms. The SMILES string of the molecule is CCc1ccc2c(c1)CCN(C=O)C2. The van der Waals surface area contributed by atoms with Crippen molar-refractivity contribution in [2.45, 2.75) is 26.3 Å². The van der Waals surface area contributed by atoms with Crippen LogP contribution >= 0.6 is 0 Å². The summed E-state index contributed by atoms with van der Waals surface area (Å²) in [5.74, 6) is 0. The number of rotatable bonds is 2. The van der Waals surface area contributed by atoms with E-state index in [9.17, 15) is 4.79 Å². The zero-order valence-electron chi connectivity index (χ0n) is 8.49. The first-order chi connectivity index (χ1) is 6.83. The maximum absolute atomic E-state index is 10.6. The molecule has 0 saturated carbocycles. The Morgan fingerprint density at radius 1 is 1.43 bits per heavy atom. The molecule has 0 aliphatic carbocycles. The van der Waals surface area contributed by atoms with Crippen LogP contribution in [0.25, 0.3) is 0 Å². The zero-order valence-corrected chi connectivity index (χ0v) is 8.49. The summed E-state index contributed by atoms with van der Waals surface area (Å²) in [7, 11) is 0. The Hall–Kier alpha value is -1.31. The van der Waals surface area contributed by atoms with Crippen LogP contribution in [0.15, 0.2) is 18.2 Å². The molecule has 0 N–H and O–H groups in total. The number of benzene rings is 1. The van der Waals surface area contributed by atoms with E-state index in [2.05, 4.69) is 25.1 Å². The Balaban J connectivity index is 2.27. The van der Waals surface area contributed by atoms with Crippen molar-refractivity contribution in [1.29, 1.82) is 0 Å². The van der Waals surface area contributed by atoms with E-state index in [0.29, 0.717) is 0 Å². The van der Waals surface area contributed by atoms with E-state index < -0.39 is 0 Å². The summed E-state index contributed by atoms with van der Waals surface area (Å²) in [5.41, 5.74) is 4.12. The molecule has 0 unspecified atom stereocenters. The van der Waals surface area contributed by atoms with Crippen molar-refractivity contribution in [3.63, 3.8) is 0 Å².